The van der Waals surface area contributed by atoms with Gasteiger partial charge in [0.05, 0.1) is 12.7 Å². The molecule has 0 unspecified atom stereocenters. The zero-order valence-corrected chi connectivity index (χ0v) is 6.38. The zero-order chi connectivity index (χ0) is 7.31. The summed E-state index contributed by atoms with van der Waals surface area (Å²) in [5, 5.41) is 7.64. The highest BCUT2D eigenvalue weighted by Gasteiger charge is 2.45. The van der Waals surface area contributed by atoms with Crippen molar-refractivity contribution in [3.8, 4) is 0 Å². The summed E-state index contributed by atoms with van der Waals surface area (Å²) in [7, 11) is 0. The van der Waals surface area contributed by atoms with Gasteiger partial charge in [-0.1, -0.05) is 0 Å². The Bertz CT molecular complexity index is 285. The van der Waals surface area contributed by atoms with E-state index < -0.39 is 0 Å². The van der Waals surface area contributed by atoms with Crippen molar-refractivity contribution in [2.24, 2.45) is 5.41 Å². The van der Waals surface area contributed by atoms with Crippen molar-refractivity contribution in [2.45, 2.75) is 19.4 Å². The van der Waals surface area contributed by atoms with Crippen LogP contribution in [0, 0.1) is 5.41 Å². The van der Waals surface area contributed by atoms with Crippen molar-refractivity contribution in [1.82, 2.24) is 9.78 Å². The second kappa shape index (κ2) is 1.60. The Kier molecular flexibility index (Phi) is 0.819. The molecule has 0 radical (unpaired) electrons. The lowest BCUT2D eigenvalue weighted by atomic mass is 10.1. The fourth-order valence-corrected chi connectivity index (χ4v) is 1.77. The van der Waals surface area contributed by atoms with Gasteiger partial charge in [0.2, 0.25) is 0 Å². The van der Waals surface area contributed by atoms with Crippen LogP contribution in [0.15, 0.2) is 12.3 Å². The lowest BCUT2D eigenvalue weighted by Crippen LogP contribution is -2.28. The molecule has 0 bridgehead atoms. The number of hydrogen-bond acceptors (Lipinski definition) is 2. The third-order valence-electron chi connectivity index (χ3n) is 2.80. The Labute approximate surface area is 65.4 Å². The number of anilines is 1. The van der Waals surface area contributed by atoms with E-state index in [1.54, 1.807) is 0 Å². The highest BCUT2D eigenvalue weighted by Crippen LogP contribution is 2.49. The van der Waals surface area contributed by atoms with Crippen LogP contribution in [-0.4, -0.2) is 16.3 Å². The predicted molar refractivity (Wildman–Crippen MR) is 42.4 cm³/mol. The first kappa shape index (κ1) is 5.63. The molecule has 2 heterocycles. The molecule has 1 aromatic heterocycles. The van der Waals surface area contributed by atoms with Crippen molar-refractivity contribution in [3.05, 3.63) is 12.3 Å². The molecule has 0 saturated heterocycles. The highest BCUT2D eigenvalue weighted by atomic mass is 15.3. The molecule has 1 saturated carbocycles. The maximum absolute atomic E-state index is 4.25. The molecule has 1 aliphatic heterocycles. The Hall–Kier alpha value is -0.990. The fourth-order valence-electron chi connectivity index (χ4n) is 1.77. The minimum absolute atomic E-state index is 0.582. The molecule has 3 heteroatoms. The number of aromatic nitrogens is 2. The minimum atomic E-state index is 0.582. The summed E-state index contributed by atoms with van der Waals surface area (Å²) in [6.07, 6.45) is 4.61. The minimum Gasteiger partial charge on any atom is -0.370 e. The lowest BCUT2D eigenvalue weighted by molar-refractivity contribution is 0.395. The van der Waals surface area contributed by atoms with Crippen molar-refractivity contribution >= 4 is 5.82 Å². The van der Waals surface area contributed by atoms with Gasteiger partial charge in [0.25, 0.3) is 0 Å². The summed E-state index contributed by atoms with van der Waals surface area (Å²) in [5.74, 6) is 1.18. The first-order valence-corrected chi connectivity index (χ1v) is 4.14. The second-order valence-corrected chi connectivity index (χ2v) is 3.73. The average molecular weight is 149 g/mol. The molecule has 1 fully saturated rings. The first-order chi connectivity index (χ1) is 5.38. The molecule has 1 N–H and O–H groups in total. The second-order valence-electron chi connectivity index (χ2n) is 3.73. The Balaban J connectivity index is 2.00. The van der Waals surface area contributed by atoms with Crippen LogP contribution in [0.3, 0.4) is 0 Å². The molecule has 2 aliphatic rings. The molecule has 0 amide bonds. The Morgan fingerprint density at radius 3 is 3.27 bits per heavy atom. The third-order valence-corrected chi connectivity index (χ3v) is 2.80. The molecule has 0 aromatic carbocycles. The molecule has 11 heavy (non-hydrogen) atoms. The van der Waals surface area contributed by atoms with Gasteiger partial charge in [-0.15, -0.1) is 0 Å². The van der Waals surface area contributed by atoms with E-state index in [0.29, 0.717) is 5.41 Å². The van der Waals surface area contributed by atoms with Crippen LogP contribution in [0.2, 0.25) is 0 Å². The van der Waals surface area contributed by atoms with Crippen molar-refractivity contribution in [1.29, 1.82) is 0 Å². The van der Waals surface area contributed by atoms with Crippen molar-refractivity contribution in [2.75, 3.05) is 11.9 Å². The summed E-state index contributed by atoms with van der Waals surface area (Å²) in [6.45, 7) is 2.28. The summed E-state index contributed by atoms with van der Waals surface area (Å²) in [6, 6.07) is 2.04. The average Bonchev–Trinajstić information content (AvgIpc) is 2.63. The standard InChI is InChI=1S/C8H11N3/c1-4-10-11-6-8(2-3-8)5-9-7(1)11/h1,4,9H,2-3,5-6H2. The number of nitrogens with zero attached hydrogens (tertiary/aromatic N) is 2. The first-order valence-electron chi connectivity index (χ1n) is 4.14. The van der Waals surface area contributed by atoms with E-state index in [1.807, 2.05) is 12.3 Å². The largest absolute Gasteiger partial charge is 0.370 e. The smallest absolute Gasteiger partial charge is 0.124 e. The van der Waals surface area contributed by atoms with Gasteiger partial charge in [0, 0.05) is 18.0 Å². The Morgan fingerprint density at radius 2 is 2.45 bits per heavy atom. The van der Waals surface area contributed by atoms with E-state index in [1.165, 1.54) is 18.7 Å². The van der Waals surface area contributed by atoms with Gasteiger partial charge in [0.15, 0.2) is 0 Å². The maximum Gasteiger partial charge on any atom is 0.124 e. The summed E-state index contributed by atoms with van der Waals surface area (Å²) in [4.78, 5) is 0. The normalized spacial score (nSPS) is 24.4. The topological polar surface area (TPSA) is 29.9 Å². The van der Waals surface area contributed by atoms with Crippen LogP contribution >= 0.6 is 0 Å². The molecule has 3 nitrogen and oxygen atoms in total. The number of rotatable bonds is 0. The van der Waals surface area contributed by atoms with Gasteiger partial charge in [-0.2, -0.15) is 5.10 Å². The summed E-state index contributed by atoms with van der Waals surface area (Å²) >= 11 is 0. The van der Waals surface area contributed by atoms with Gasteiger partial charge in [-0.05, 0) is 12.8 Å². The molecular formula is C8H11N3. The van der Waals surface area contributed by atoms with Crippen LogP contribution in [0.1, 0.15) is 12.8 Å². The molecule has 58 valence electrons. The van der Waals surface area contributed by atoms with Gasteiger partial charge < -0.3 is 5.32 Å². The zero-order valence-electron chi connectivity index (χ0n) is 6.38. The quantitative estimate of drug-likeness (QED) is 0.598. The maximum atomic E-state index is 4.25. The van der Waals surface area contributed by atoms with Crippen molar-refractivity contribution < 1.29 is 0 Å². The van der Waals surface area contributed by atoms with E-state index in [-0.39, 0.29) is 0 Å². The molecule has 0 atom stereocenters. The van der Waals surface area contributed by atoms with Crippen LogP contribution in [0.4, 0.5) is 5.82 Å². The molecule has 1 spiro atoms. The summed E-state index contributed by atoms with van der Waals surface area (Å²) < 4.78 is 2.08. The van der Waals surface area contributed by atoms with Gasteiger partial charge in [0.1, 0.15) is 5.82 Å². The van der Waals surface area contributed by atoms with Gasteiger partial charge in [-0.25, -0.2) is 4.68 Å². The van der Waals surface area contributed by atoms with Gasteiger partial charge in [-0.3, -0.25) is 0 Å². The highest BCUT2D eigenvalue weighted by molar-refractivity contribution is 5.37. The summed E-state index contributed by atoms with van der Waals surface area (Å²) in [5.41, 5.74) is 0.582. The van der Waals surface area contributed by atoms with Crippen LogP contribution in [-0.2, 0) is 6.54 Å². The van der Waals surface area contributed by atoms with E-state index in [9.17, 15) is 0 Å². The van der Waals surface area contributed by atoms with E-state index in [0.717, 1.165) is 13.1 Å². The fraction of sp³-hybridized carbons (Fsp3) is 0.625. The SMILES string of the molecule is c1cc2n(n1)CC1(CC1)CN2. The van der Waals surface area contributed by atoms with Crippen LogP contribution in [0.25, 0.3) is 0 Å². The lowest BCUT2D eigenvalue weighted by Gasteiger charge is -2.24. The molecule has 1 aliphatic carbocycles. The van der Waals surface area contributed by atoms with E-state index >= 15 is 0 Å². The monoisotopic (exact) mass is 149 g/mol. The van der Waals surface area contributed by atoms with Crippen LogP contribution < -0.4 is 5.32 Å². The molecular weight excluding hydrogens is 138 g/mol. The number of hydrogen-bond donors (Lipinski definition) is 1. The van der Waals surface area contributed by atoms with E-state index in [4.69, 9.17) is 0 Å². The van der Waals surface area contributed by atoms with Gasteiger partial charge >= 0.3 is 0 Å². The molecule has 1 aromatic rings. The van der Waals surface area contributed by atoms with Crippen LogP contribution in [0.5, 0.6) is 0 Å². The molecule has 3 rings (SSSR count). The third kappa shape index (κ3) is 0.708. The number of fused-ring (bicyclic) bond motifs is 1. The Morgan fingerprint density at radius 1 is 1.55 bits per heavy atom. The van der Waals surface area contributed by atoms with E-state index in [2.05, 4.69) is 15.1 Å². The number of nitrogens with one attached hydrogen (secondary N) is 1. The predicted octanol–water partition coefficient (Wildman–Crippen LogP) is 1.09. The van der Waals surface area contributed by atoms with Crippen molar-refractivity contribution in [3.63, 3.8) is 0 Å².